The molecule has 3 rings (SSSR count). The van der Waals surface area contributed by atoms with Gasteiger partial charge < -0.3 is 10.1 Å². The number of amides is 1. The molecular weight excluding hydrogens is 371 g/mol. The zero-order chi connectivity index (χ0) is 18.9. The van der Waals surface area contributed by atoms with Gasteiger partial charge in [0.1, 0.15) is 5.75 Å². The Kier molecular flexibility index (Phi) is 4.94. The second-order valence-electron chi connectivity index (χ2n) is 5.69. The Morgan fingerprint density at radius 3 is 2.73 bits per heavy atom. The summed E-state index contributed by atoms with van der Waals surface area (Å²) in [6.07, 6.45) is -3.20. The minimum absolute atomic E-state index is 0.0614. The molecule has 0 unspecified atom stereocenters. The van der Waals surface area contributed by atoms with E-state index in [0.29, 0.717) is 22.2 Å². The van der Waals surface area contributed by atoms with E-state index in [1.54, 1.807) is 6.92 Å². The van der Waals surface area contributed by atoms with Crippen LogP contribution in [-0.4, -0.2) is 27.6 Å². The van der Waals surface area contributed by atoms with E-state index in [-0.39, 0.29) is 29.7 Å². The highest BCUT2D eigenvalue weighted by Crippen LogP contribution is 2.32. The van der Waals surface area contributed by atoms with E-state index in [2.05, 4.69) is 15.0 Å². The number of ether oxygens (including phenoxy) is 1. The normalized spacial score (nSPS) is 16.2. The van der Waals surface area contributed by atoms with Crippen molar-refractivity contribution in [3.63, 3.8) is 0 Å². The van der Waals surface area contributed by atoms with Crippen molar-refractivity contribution in [2.45, 2.75) is 30.9 Å². The highest BCUT2D eigenvalue weighted by Gasteiger charge is 2.31. The molecule has 0 bridgehead atoms. The van der Waals surface area contributed by atoms with E-state index in [0.717, 1.165) is 12.1 Å². The molecule has 1 aromatic heterocycles. The summed E-state index contributed by atoms with van der Waals surface area (Å²) in [6.45, 7) is 1.66. The molecule has 0 saturated carbocycles. The number of thioether (sulfide) groups is 1. The Labute approximate surface area is 150 Å². The number of hydrogen-bond acceptors (Lipinski definition) is 5. The van der Waals surface area contributed by atoms with Crippen molar-refractivity contribution in [1.82, 2.24) is 9.55 Å². The van der Waals surface area contributed by atoms with E-state index < -0.39 is 6.36 Å². The average Bonchev–Trinajstić information content (AvgIpc) is 2.95. The Balaban J connectivity index is 1.64. The van der Waals surface area contributed by atoms with Crippen LogP contribution in [0.15, 0.2) is 40.4 Å². The number of carbonyl (C=O) groups is 1. The number of nitrogens with one attached hydrogen (secondary N) is 1. The van der Waals surface area contributed by atoms with Crippen molar-refractivity contribution < 1.29 is 22.7 Å². The maximum absolute atomic E-state index is 12.2. The van der Waals surface area contributed by atoms with Crippen LogP contribution in [0.5, 0.6) is 5.75 Å². The van der Waals surface area contributed by atoms with Crippen molar-refractivity contribution in [2.75, 3.05) is 11.1 Å². The second kappa shape index (κ2) is 7.02. The SMILES string of the molecule is Cc1cnc2n(c1=O)[C@@H](CC(=O)Nc1ccc(OC(F)(F)F)cc1)CS2. The lowest BCUT2D eigenvalue weighted by Gasteiger charge is -2.14. The molecule has 1 aliphatic heterocycles. The van der Waals surface area contributed by atoms with Gasteiger partial charge in [-0.25, -0.2) is 4.98 Å². The number of alkyl halides is 3. The summed E-state index contributed by atoms with van der Waals surface area (Å²) in [5.41, 5.74) is 0.665. The molecule has 0 spiro atoms. The molecule has 2 heterocycles. The number of fused-ring (bicyclic) bond motifs is 1. The predicted molar refractivity (Wildman–Crippen MR) is 89.4 cm³/mol. The molecule has 0 saturated heterocycles. The Hall–Kier alpha value is -2.49. The maximum Gasteiger partial charge on any atom is 0.573 e. The van der Waals surface area contributed by atoms with Gasteiger partial charge in [-0.1, -0.05) is 11.8 Å². The predicted octanol–water partition coefficient (Wildman–Crippen LogP) is 3.13. The first-order valence-corrected chi connectivity index (χ1v) is 8.58. The molecule has 0 aliphatic carbocycles. The van der Waals surface area contributed by atoms with Crippen molar-refractivity contribution >= 4 is 23.4 Å². The molecule has 0 fully saturated rings. The summed E-state index contributed by atoms with van der Waals surface area (Å²) >= 11 is 1.40. The third-order valence-electron chi connectivity index (χ3n) is 3.69. The van der Waals surface area contributed by atoms with Crippen LogP contribution in [0.4, 0.5) is 18.9 Å². The molecule has 1 N–H and O–H groups in total. The molecule has 1 amide bonds. The van der Waals surface area contributed by atoms with Gasteiger partial charge in [0.25, 0.3) is 5.56 Å². The van der Waals surface area contributed by atoms with Crippen LogP contribution in [0, 0.1) is 6.92 Å². The Morgan fingerprint density at radius 1 is 1.38 bits per heavy atom. The lowest BCUT2D eigenvalue weighted by atomic mass is 10.2. The van der Waals surface area contributed by atoms with E-state index in [1.165, 1.54) is 34.7 Å². The Morgan fingerprint density at radius 2 is 2.08 bits per heavy atom. The third kappa shape index (κ3) is 4.18. The van der Waals surface area contributed by atoms with E-state index in [4.69, 9.17) is 0 Å². The number of nitrogens with zero attached hydrogens (tertiary/aromatic N) is 2. The molecule has 1 atom stereocenters. The quantitative estimate of drug-likeness (QED) is 0.819. The van der Waals surface area contributed by atoms with Crippen LogP contribution >= 0.6 is 11.8 Å². The van der Waals surface area contributed by atoms with Gasteiger partial charge >= 0.3 is 6.36 Å². The number of carbonyl (C=O) groups excluding carboxylic acids is 1. The van der Waals surface area contributed by atoms with Crippen LogP contribution in [0.1, 0.15) is 18.0 Å². The summed E-state index contributed by atoms with van der Waals surface area (Å²) < 4.78 is 41.7. The molecule has 26 heavy (non-hydrogen) atoms. The van der Waals surface area contributed by atoms with Gasteiger partial charge in [-0.2, -0.15) is 0 Å². The maximum atomic E-state index is 12.2. The lowest BCUT2D eigenvalue weighted by Crippen LogP contribution is -2.28. The minimum Gasteiger partial charge on any atom is -0.406 e. The van der Waals surface area contributed by atoms with Crippen molar-refractivity contribution in [3.8, 4) is 5.75 Å². The fourth-order valence-electron chi connectivity index (χ4n) is 2.54. The topological polar surface area (TPSA) is 73.2 Å². The highest BCUT2D eigenvalue weighted by atomic mass is 32.2. The first-order chi connectivity index (χ1) is 12.2. The number of rotatable bonds is 4. The smallest absolute Gasteiger partial charge is 0.406 e. The monoisotopic (exact) mass is 385 g/mol. The summed E-state index contributed by atoms with van der Waals surface area (Å²) in [5.74, 6) is -0.164. The summed E-state index contributed by atoms with van der Waals surface area (Å²) in [7, 11) is 0. The van der Waals surface area contributed by atoms with Gasteiger partial charge in [0.2, 0.25) is 5.91 Å². The molecule has 10 heteroatoms. The minimum atomic E-state index is -4.77. The van der Waals surface area contributed by atoms with E-state index in [1.807, 2.05) is 0 Å². The summed E-state index contributed by atoms with van der Waals surface area (Å²) in [5, 5.41) is 3.18. The molecule has 6 nitrogen and oxygen atoms in total. The van der Waals surface area contributed by atoms with Gasteiger partial charge in [0.05, 0.1) is 6.04 Å². The number of aromatic nitrogens is 2. The molecule has 1 aliphatic rings. The largest absolute Gasteiger partial charge is 0.573 e. The zero-order valence-electron chi connectivity index (χ0n) is 13.5. The number of benzene rings is 1. The summed E-state index contributed by atoms with van der Waals surface area (Å²) in [6, 6.07) is 4.54. The number of aryl methyl sites for hydroxylation is 1. The van der Waals surface area contributed by atoms with Crippen LogP contribution in [-0.2, 0) is 4.79 Å². The van der Waals surface area contributed by atoms with Gasteiger partial charge in [0, 0.05) is 29.6 Å². The fraction of sp³-hybridized carbons (Fsp3) is 0.312. The highest BCUT2D eigenvalue weighted by molar-refractivity contribution is 7.99. The molecular formula is C16H14F3N3O3S. The number of halogens is 3. The van der Waals surface area contributed by atoms with E-state index in [9.17, 15) is 22.8 Å². The van der Waals surface area contributed by atoms with Gasteiger partial charge in [-0.3, -0.25) is 14.2 Å². The van der Waals surface area contributed by atoms with Gasteiger partial charge in [0.15, 0.2) is 5.16 Å². The zero-order valence-corrected chi connectivity index (χ0v) is 14.4. The van der Waals surface area contributed by atoms with Crippen LogP contribution in [0.3, 0.4) is 0 Å². The van der Waals surface area contributed by atoms with E-state index >= 15 is 0 Å². The lowest BCUT2D eigenvalue weighted by molar-refractivity contribution is -0.274. The fourth-order valence-corrected chi connectivity index (χ4v) is 3.64. The standard InChI is InChI=1S/C16H14F3N3O3S/c1-9-7-20-15-22(14(9)24)11(8-26-15)6-13(23)21-10-2-4-12(5-3-10)25-16(17,18)19/h2-5,7,11H,6,8H2,1H3,(H,21,23)/t11-/m0/s1. The van der Waals surface area contributed by atoms with Crippen molar-refractivity contribution in [1.29, 1.82) is 0 Å². The van der Waals surface area contributed by atoms with Gasteiger partial charge in [-0.15, -0.1) is 13.2 Å². The average molecular weight is 385 g/mol. The number of anilines is 1. The van der Waals surface area contributed by atoms with Crippen molar-refractivity contribution in [3.05, 3.63) is 46.4 Å². The van der Waals surface area contributed by atoms with Crippen LogP contribution in [0.2, 0.25) is 0 Å². The Bertz CT molecular complexity index is 881. The molecule has 1 aromatic carbocycles. The van der Waals surface area contributed by atoms with Crippen molar-refractivity contribution in [2.24, 2.45) is 0 Å². The molecule has 2 aromatic rings. The third-order valence-corrected chi connectivity index (χ3v) is 4.81. The summed E-state index contributed by atoms with van der Waals surface area (Å²) in [4.78, 5) is 28.6. The second-order valence-corrected chi connectivity index (χ2v) is 6.68. The first kappa shape index (κ1) is 18.3. The van der Waals surface area contributed by atoms with Crippen LogP contribution in [0.25, 0.3) is 0 Å². The molecule has 0 radical (unpaired) electrons. The van der Waals surface area contributed by atoms with Crippen LogP contribution < -0.4 is 15.6 Å². The first-order valence-electron chi connectivity index (χ1n) is 7.59. The van der Waals surface area contributed by atoms with Gasteiger partial charge in [-0.05, 0) is 31.2 Å². The molecule has 138 valence electrons. The number of hydrogen-bond donors (Lipinski definition) is 1.